The van der Waals surface area contributed by atoms with E-state index < -0.39 is 27.3 Å². The lowest BCUT2D eigenvalue weighted by molar-refractivity contribution is -0.121. The van der Waals surface area contributed by atoms with Crippen LogP contribution in [0.5, 0.6) is 5.88 Å². The van der Waals surface area contributed by atoms with Gasteiger partial charge < -0.3 is 20.1 Å². The number of pyridine rings is 2. The summed E-state index contributed by atoms with van der Waals surface area (Å²) >= 11 is 0. The SMILES string of the molecule is COc1ccc2nccc(NC(=O)C3CCCC(CNC(=O)OC(C)(C)C)C3)c2n1.O=S(=O)(O)C(F)(F)F. The zero-order chi connectivity index (χ0) is 28.7. The Bertz CT molecular complexity index is 1230. The van der Waals surface area contributed by atoms with Crippen LogP contribution in [0.2, 0.25) is 0 Å². The molecule has 1 fully saturated rings. The normalized spacial score (nSPS) is 18.1. The van der Waals surface area contributed by atoms with E-state index in [0.29, 0.717) is 29.1 Å². The summed E-state index contributed by atoms with van der Waals surface area (Å²) in [6, 6.07) is 5.30. The van der Waals surface area contributed by atoms with Gasteiger partial charge in [0.05, 0.1) is 18.3 Å². The van der Waals surface area contributed by atoms with Gasteiger partial charge in [0.15, 0.2) is 0 Å². The third-order valence-electron chi connectivity index (χ3n) is 5.41. The Hall–Kier alpha value is -3.20. The van der Waals surface area contributed by atoms with Crippen molar-refractivity contribution in [1.29, 1.82) is 0 Å². The summed E-state index contributed by atoms with van der Waals surface area (Å²) in [5.74, 6) is 0.568. The third-order valence-corrected chi connectivity index (χ3v) is 5.99. The van der Waals surface area contributed by atoms with Gasteiger partial charge in [0.2, 0.25) is 11.8 Å². The first-order valence-corrected chi connectivity index (χ1v) is 13.1. The van der Waals surface area contributed by atoms with Gasteiger partial charge >= 0.3 is 21.7 Å². The quantitative estimate of drug-likeness (QED) is 0.356. The number of halogens is 3. The number of nitrogens with zero attached hydrogens (tertiary/aromatic N) is 2. The van der Waals surface area contributed by atoms with Crippen LogP contribution in [-0.2, 0) is 19.6 Å². The maximum atomic E-state index is 12.9. The largest absolute Gasteiger partial charge is 0.522 e. The van der Waals surface area contributed by atoms with Gasteiger partial charge in [0.1, 0.15) is 11.1 Å². The van der Waals surface area contributed by atoms with Gasteiger partial charge in [-0.1, -0.05) is 6.42 Å². The van der Waals surface area contributed by atoms with E-state index in [9.17, 15) is 22.8 Å². The zero-order valence-corrected chi connectivity index (χ0v) is 22.1. The van der Waals surface area contributed by atoms with Crippen LogP contribution < -0.4 is 15.4 Å². The third kappa shape index (κ3) is 9.59. The van der Waals surface area contributed by atoms with E-state index in [1.54, 1.807) is 25.4 Å². The Balaban J connectivity index is 0.000000550. The van der Waals surface area contributed by atoms with Gasteiger partial charge in [0, 0.05) is 24.7 Å². The second kappa shape index (κ2) is 12.6. The van der Waals surface area contributed by atoms with Crippen LogP contribution >= 0.6 is 0 Å². The highest BCUT2D eigenvalue weighted by Crippen LogP contribution is 2.31. The molecule has 0 saturated heterocycles. The molecule has 0 radical (unpaired) electrons. The minimum atomic E-state index is -5.84. The molecule has 0 aliphatic heterocycles. The van der Waals surface area contributed by atoms with E-state index in [4.69, 9.17) is 22.4 Å². The van der Waals surface area contributed by atoms with Crippen molar-refractivity contribution in [2.75, 3.05) is 19.0 Å². The van der Waals surface area contributed by atoms with Crippen molar-refractivity contribution < 1.29 is 45.2 Å². The van der Waals surface area contributed by atoms with Gasteiger partial charge in [0.25, 0.3) is 0 Å². The number of hydrogen-bond acceptors (Lipinski definition) is 8. The number of fused-ring (bicyclic) bond motifs is 1. The van der Waals surface area contributed by atoms with Crippen LogP contribution in [0.15, 0.2) is 24.4 Å². The zero-order valence-electron chi connectivity index (χ0n) is 21.3. The topological polar surface area (TPSA) is 157 Å². The number of hydrogen-bond donors (Lipinski definition) is 3. The van der Waals surface area contributed by atoms with Crippen LogP contribution in [0.25, 0.3) is 11.0 Å². The first-order chi connectivity index (χ1) is 17.5. The number of rotatable bonds is 5. The van der Waals surface area contributed by atoms with E-state index in [1.807, 2.05) is 26.8 Å². The van der Waals surface area contributed by atoms with Crippen LogP contribution in [0, 0.1) is 11.8 Å². The molecular weight excluding hydrogens is 533 g/mol. The van der Waals surface area contributed by atoms with E-state index >= 15 is 0 Å². The fraction of sp³-hybridized carbons (Fsp3) is 0.565. The van der Waals surface area contributed by atoms with Crippen LogP contribution in [-0.4, -0.2) is 59.7 Å². The average Bonchev–Trinajstić information content (AvgIpc) is 2.81. The van der Waals surface area contributed by atoms with Crippen LogP contribution in [0.1, 0.15) is 46.5 Å². The lowest BCUT2D eigenvalue weighted by Crippen LogP contribution is -2.37. The molecule has 11 nitrogen and oxygen atoms in total. The Kier molecular flexibility index (Phi) is 10.3. The van der Waals surface area contributed by atoms with Gasteiger partial charge in [-0.3, -0.25) is 14.3 Å². The summed E-state index contributed by atoms with van der Waals surface area (Å²) in [6.07, 6.45) is 4.71. The number of nitrogens with one attached hydrogen (secondary N) is 2. The highest BCUT2D eigenvalue weighted by atomic mass is 32.2. The Morgan fingerprint density at radius 2 is 1.82 bits per heavy atom. The average molecular weight is 565 g/mol. The smallest absolute Gasteiger partial charge is 0.481 e. The van der Waals surface area contributed by atoms with Crippen molar-refractivity contribution in [2.24, 2.45) is 11.8 Å². The molecule has 2 unspecified atom stereocenters. The molecule has 38 heavy (non-hydrogen) atoms. The van der Waals surface area contributed by atoms with Crippen molar-refractivity contribution in [3.8, 4) is 5.88 Å². The van der Waals surface area contributed by atoms with Crippen molar-refractivity contribution >= 4 is 38.8 Å². The minimum absolute atomic E-state index is 0.0333. The van der Waals surface area contributed by atoms with Crippen LogP contribution in [0.3, 0.4) is 0 Å². The summed E-state index contributed by atoms with van der Waals surface area (Å²) in [4.78, 5) is 33.6. The van der Waals surface area contributed by atoms with Crippen molar-refractivity contribution in [3.63, 3.8) is 0 Å². The molecule has 212 valence electrons. The van der Waals surface area contributed by atoms with E-state index in [0.717, 1.165) is 25.7 Å². The first kappa shape index (κ1) is 31.0. The highest BCUT2D eigenvalue weighted by molar-refractivity contribution is 7.86. The number of aromatic nitrogens is 2. The molecule has 2 atom stereocenters. The Morgan fingerprint density at radius 1 is 1.16 bits per heavy atom. The number of anilines is 1. The maximum absolute atomic E-state index is 12.9. The molecule has 2 aromatic rings. The molecule has 1 saturated carbocycles. The van der Waals surface area contributed by atoms with Crippen molar-refractivity contribution in [3.05, 3.63) is 24.4 Å². The lowest BCUT2D eigenvalue weighted by atomic mass is 9.81. The molecule has 2 aromatic heterocycles. The molecule has 0 spiro atoms. The van der Waals surface area contributed by atoms with Crippen LogP contribution in [0.4, 0.5) is 23.7 Å². The van der Waals surface area contributed by atoms with E-state index in [1.165, 1.54) is 0 Å². The van der Waals surface area contributed by atoms with E-state index in [-0.39, 0.29) is 17.7 Å². The maximum Gasteiger partial charge on any atom is 0.522 e. The number of alkyl halides is 3. The number of alkyl carbamates (subject to hydrolysis) is 1. The monoisotopic (exact) mass is 564 g/mol. The van der Waals surface area contributed by atoms with Crippen molar-refractivity contribution in [2.45, 2.75) is 57.6 Å². The predicted octanol–water partition coefficient (Wildman–Crippen LogP) is 4.30. The summed E-state index contributed by atoms with van der Waals surface area (Å²) in [6.45, 7) is 6.01. The first-order valence-electron chi connectivity index (χ1n) is 11.6. The predicted molar refractivity (Wildman–Crippen MR) is 132 cm³/mol. The van der Waals surface area contributed by atoms with Gasteiger partial charge in [-0.2, -0.15) is 21.6 Å². The molecule has 0 aromatic carbocycles. The van der Waals surface area contributed by atoms with Gasteiger partial charge in [-0.05, 0) is 58.1 Å². The van der Waals surface area contributed by atoms with Gasteiger partial charge in [-0.25, -0.2) is 9.78 Å². The molecular formula is C23H31F3N4O7S. The Morgan fingerprint density at radius 3 is 2.39 bits per heavy atom. The van der Waals surface area contributed by atoms with Gasteiger partial charge in [-0.15, -0.1) is 0 Å². The number of amides is 2. The molecule has 1 aliphatic carbocycles. The summed E-state index contributed by atoms with van der Waals surface area (Å²) in [5.41, 5.74) is -4.14. The molecule has 15 heteroatoms. The summed E-state index contributed by atoms with van der Waals surface area (Å²) in [5, 5.41) is 5.84. The molecule has 0 bridgehead atoms. The molecule has 3 N–H and O–H groups in total. The fourth-order valence-electron chi connectivity index (χ4n) is 3.71. The number of ether oxygens (including phenoxy) is 2. The molecule has 2 heterocycles. The summed E-state index contributed by atoms with van der Waals surface area (Å²) < 4.78 is 68.0. The highest BCUT2D eigenvalue weighted by Gasteiger charge is 2.44. The number of carbonyl (C=O) groups is 2. The Labute approximate surface area is 218 Å². The standard InChI is InChI=1S/C22H30N4O4.CHF3O3S/c1-22(2,3)30-21(28)24-13-14-6-5-7-15(12-14)20(27)25-17-10-11-23-16-8-9-18(29-4)26-19(16)17;2-1(3,4)8(5,6)7/h8-11,14-15H,5-7,12-13H2,1-4H3,(H,24,28)(H,23,25,27);(H,5,6,7). The minimum Gasteiger partial charge on any atom is -0.481 e. The fourth-order valence-corrected chi connectivity index (χ4v) is 3.71. The number of methoxy groups -OCH3 is 1. The lowest BCUT2D eigenvalue weighted by Gasteiger charge is -2.29. The second-order valence-electron chi connectivity index (χ2n) is 9.60. The number of carbonyl (C=O) groups excluding carboxylic acids is 2. The molecule has 2 amide bonds. The van der Waals surface area contributed by atoms with E-state index in [2.05, 4.69) is 20.6 Å². The summed E-state index contributed by atoms with van der Waals surface area (Å²) in [7, 11) is -4.29. The molecule has 1 aliphatic rings. The van der Waals surface area contributed by atoms with Crippen molar-refractivity contribution in [1.82, 2.24) is 15.3 Å². The molecule has 3 rings (SSSR count). The second-order valence-corrected chi connectivity index (χ2v) is 11.0.